The fourth-order valence-electron chi connectivity index (χ4n) is 3.86. The Morgan fingerprint density at radius 3 is 2.35 bits per heavy atom. The summed E-state index contributed by atoms with van der Waals surface area (Å²) in [5.74, 6) is 1.31. The molecule has 5 rings (SSSR count). The first-order chi connectivity index (χ1) is 16.7. The van der Waals surface area contributed by atoms with Crippen LogP contribution in [-0.4, -0.2) is 32.5 Å². The first-order valence-electron chi connectivity index (χ1n) is 11.0. The lowest BCUT2D eigenvalue weighted by molar-refractivity contribution is 0.698. The highest BCUT2D eigenvalue weighted by atomic mass is 35.5. The highest BCUT2D eigenvalue weighted by Crippen LogP contribution is 2.31. The van der Waals surface area contributed by atoms with Gasteiger partial charge in [0, 0.05) is 52.7 Å². The van der Waals surface area contributed by atoms with Crippen molar-refractivity contribution in [2.24, 2.45) is 5.73 Å². The predicted octanol–water partition coefficient (Wildman–Crippen LogP) is 5.39. The number of anilines is 1. The van der Waals surface area contributed by atoms with E-state index < -0.39 is 0 Å². The van der Waals surface area contributed by atoms with E-state index >= 15 is 0 Å². The third kappa shape index (κ3) is 4.88. The average molecular weight is 467 g/mol. The number of aromatic nitrogens is 4. The van der Waals surface area contributed by atoms with E-state index in [4.69, 9.17) is 27.3 Å². The van der Waals surface area contributed by atoms with Gasteiger partial charge in [0.2, 0.25) is 0 Å². The lowest BCUT2D eigenvalue weighted by Gasteiger charge is -2.16. The molecular formula is C27H23ClN6. The summed E-state index contributed by atoms with van der Waals surface area (Å²) in [5.41, 5.74) is 11.0. The van der Waals surface area contributed by atoms with Gasteiger partial charge in [0.15, 0.2) is 5.82 Å². The second-order valence-electron chi connectivity index (χ2n) is 8.03. The Morgan fingerprint density at radius 1 is 0.824 bits per heavy atom. The first-order valence-corrected chi connectivity index (χ1v) is 11.4. The summed E-state index contributed by atoms with van der Waals surface area (Å²) in [5, 5.41) is 5.02. The Kier molecular flexibility index (Phi) is 6.42. The van der Waals surface area contributed by atoms with Crippen LogP contribution >= 0.6 is 11.6 Å². The molecule has 0 saturated heterocycles. The lowest BCUT2D eigenvalue weighted by atomic mass is 10.1. The van der Waals surface area contributed by atoms with Gasteiger partial charge in [0.05, 0.1) is 5.69 Å². The molecule has 1 atom stereocenters. The molecule has 6 nitrogen and oxygen atoms in total. The van der Waals surface area contributed by atoms with Gasteiger partial charge in [-0.05, 0) is 42.3 Å². The smallest absolute Gasteiger partial charge is 0.162 e. The highest BCUT2D eigenvalue weighted by Gasteiger charge is 2.15. The van der Waals surface area contributed by atoms with E-state index in [2.05, 4.69) is 27.4 Å². The number of nitrogens with zero attached hydrogens (tertiary/aromatic N) is 4. The molecule has 2 aromatic carbocycles. The van der Waals surface area contributed by atoms with E-state index in [0.29, 0.717) is 17.4 Å². The van der Waals surface area contributed by atoms with Gasteiger partial charge in [0.1, 0.15) is 11.3 Å². The summed E-state index contributed by atoms with van der Waals surface area (Å²) in [6.45, 7) is 0.565. The highest BCUT2D eigenvalue weighted by molar-refractivity contribution is 6.30. The maximum atomic E-state index is 6.44. The normalized spacial score (nSPS) is 11.9. The van der Waals surface area contributed by atoms with Crippen LogP contribution in [0.3, 0.4) is 0 Å². The van der Waals surface area contributed by atoms with Crippen LogP contribution in [0.2, 0.25) is 5.02 Å². The van der Waals surface area contributed by atoms with Gasteiger partial charge in [0.25, 0.3) is 0 Å². The number of rotatable bonds is 7. The van der Waals surface area contributed by atoms with Crippen molar-refractivity contribution in [1.29, 1.82) is 0 Å². The van der Waals surface area contributed by atoms with Crippen LogP contribution < -0.4 is 11.1 Å². The topological polar surface area (TPSA) is 89.6 Å². The number of nitrogens with two attached hydrogens (primary N) is 1. The molecule has 0 spiro atoms. The molecule has 5 aromatic rings. The van der Waals surface area contributed by atoms with Gasteiger partial charge in [-0.15, -0.1) is 0 Å². The molecular weight excluding hydrogens is 444 g/mol. The molecule has 34 heavy (non-hydrogen) atoms. The van der Waals surface area contributed by atoms with E-state index in [0.717, 1.165) is 40.0 Å². The first kappa shape index (κ1) is 21.9. The Bertz CT molecular complexity index is 1390. The Morgan fingerprint density at radius 2 is 1.59 bits per heavy atom. The summed E-state index contributed by atoms with van der Waals surface area (Å²) in [6.07, 6.45) is 6.01. The van der Waals surface area contributed by atoms with Crippen molar-refractivity contribution in [3.8, 4) is 22.6 Å². The second-order valence-corrected chi connectivity index (χ2v) is 8.46. The van der Waals surface area contributed by atoms with E-state index in [9.17, 15) is 0 Å². The Hall–Kier alpha value is -3.87. The molecule has 0 bridgehead atoms. The third-order valence-electron chi connectivity index (χ3n) is 5.54. The fraction of sp³-hybridized carbons (Fsp3) is 0.111. The van der Waals surface area contributed by atoms with Crippen molar-refractivity contribution in [3.05, 3.63) is 102 Å². The molecule has 0 aliphatic rings. The van der Waals surface area contributed by atoms with Crippen LogP contribution in [0, 0.1) is 0 Å². The van der Waals surface area contributed by atoms with Gasteiger partial charge in [-0.25, -0.2) is 9.97 Å². The zero-order valence-electron chi connectivity index (χ0n) is 18.4. The summed E-state index contributed by atoms with van der Waals surface area (Å²) < 4.78 is 0. The molecule has 0 radical (unpaired) electrons. The molecule has 0 aliphatic heterocycles. The summed E-state index contributed by atoms with van der Waals surface area (Å²) >= 11 is 6.10. The van der Waals surface area contributed by atoms with Crippen LogP contribution in [0.1, 0.15) is 5.56 Å². The van der Waals surface area contributed by atoms with E-state index in [1.807, 2.05) is 60.7 Å². The van der Waals surface area contributed by atoms with Crippen molar-refractivity contribution in [3.63, 3.8) is 0 Å². The standard InChI is InChI=1S/C27H23ClN6/c28-21-8-6-19(7-9-21)24-25-23(12-15-31-24)27(34-26(33-25)20-10-13-30-14-11-20)32-17-22(29)16-18-4-2-1-3-5-18/h1-15,22H,16-17,29H2,(H,32,33,34)/t22-/m1/s1. The average Bonchev–Trinajstić information content (AvgIpc) is 2.88. The molecule has 0 unspecified atom stereocenters. The molecule has 0 saturated carbocycles. The SMILES string of the molecule is N[C@@H](CNc1nc(-c2ccncc2)nc2c(-c3ccc(Cl)cc3)nccc12)Cc1ccccc1. The molecule has 168 valence electrons. The minimum Gasteiger partial charge on any atom is -0.368 e. The molecule has 3 heterocycles. The summed E-state index contributed by atoms with van der Waals surface area (Å²) in [4.78, 5) is 18.5. The van der Waals surface area contributed by atoms with Gasteiger partial charge in [-0.3, -0.25) is 9.97 Å². The predicted molar refractivity (Wildman–Crippen MR) is 138 cm³/mol. The molecule has 7 heteroatoms. The number of benzene rings is 2. The number of pyridine rings is 2. The van der Waals surface area contributed by atoms with E-state index in [-0.39, 0.29) is 6.04 Å². The monoisotopic (exact) mass is 466 g/mol. The molecule has 3 aromatic heterocycles. The van der Waals surface area contributed by atoms with Crippen LogP contribution in [0.25, 0.3) is 33.5 Å². The van der Waals surface area contributed by atoms with E-state index in [1.165, 1.54) is 5.56 Å². The van der Waals surface area contributed by atoms with Crippen molar-refractivity contribution >= 4 is 28.3 Å². The largest absolute Gasteiger partial charge is 0.368 e. The number of hydrogen-bond acceptors (Lipinski definition) is 6. The zero-order chi connectivity index (χ0) is 23.3. The second kappa shape index (κ2) is 9.95. The van der Waals surface area contributed by atoms with E-state index in [1.54, 1.807) is 18.6 Å². The summed E-state index contributed by atoms with van der Waals surface area (Å²) in [6, 6.07) is 23.5. The van der Waals surface area contributed by atoms with Crippen LogP contribution in [0.5, 0.6) is 0 Å². The Balaban J connectivity index is 1.54. The van der Waals surface area contributed by atoms with Gasteiger partial charge < -0.3 is 11.1 Å². The molecule has 0 amide bonds. The third-order valence-corrected chi connectivity index (χ3v) is 5.80. The van der Waals surface area contributed by atoms with Gasteiger partial charge >= 0.3 is 0 Å². The minimum absolute atomic E-state index is 0.0747. The molecule has 0 aliphatic carbocycles. The van der Waals surface area contributed by atoms with Crippen LogP contribution in [-0.2, 0) is 6.42 Å². The quantitative estimate of drug-likeness (QED) is 0.334. The number of nitrogens with one attached hydrogen (secondary N) is 1. The lowest BCUT2D eigenvalue weighted by Crippen LogP contribution is -2.31. The zero-order valence-corrected chi connectivity index (χ0v) is 19.2. The van der Waals surface area contributed by atoms with Crippen molar-refractivity contribution in [1.82, 2.24) is 19.9 Å². The maximum absolute atomic E-state index is 6.44. The van der Waals surface area contributed by atoms with Gasteiger partial charge in [-0.2, -0.15) is 0 Å². The minimum atomic E-state index is -0.0747. The van der Waals surface area contributed by atoms with Crippen molar-refractivity contribution < 1.29 is 0 Å². The maximum Gasteiger partial charge on any atom is 0.162 e. The molecule has 0 fully saturated rings. The number of hydrogen-bond donors (Lipinski definition) is 2. The van der Waals surface area contributed by atoms with Crippen molar-refractivity contribution in [2.75, 3.05) is 11.9 Å². The Labute approximate surface area is 202 Å². The molecule has 3 N–H and O–H groups in total. The van der Waals surface area contributed by atoms with Gasteiger partial charge in [-0.1, -0.05) is 54.1 Å². The van der Waals surface area contributed by atoms with Crippen molar-refractivity contribution in [2.45, 2.75) is 12.5 Å². The van der Waals surface area contributed by atoms with Crippen LogP contribution in [0.4, 0.5) is 5.82 Å². The van der Waals surface area contributed by atoms with Crippen LogP contribution in [0.15, 0.2) is 91.4 Å². The number of fused-ring (bicyclic) bond motifs is 1. The summed E-state index contributed by atoms with van der Waals surface area (Å²) in [7, 11) is 0. The fourth-order valence-corrected chi connectivity index (χ4v) is 3.98. The number of halogens is 1.